The van der Waals surface area contributed by atoms with Gasteiger partial charge in [0.2, 0.25) is 17.7 Å². The SMILES string of the molecule is CC(NC(=O)CN)C(=O)NC(CS)C(=O)NCC(=O)O. The van der Waals surface area contributed by atoms with Crippen molar-refractivity contribution in [3.63, 3.8) is 0 Å². The molecule has 2 atom stereocenters. The third-order valence-electron chi connectivity index (χ3n) is 2.19. The van der Waals surface area contributed by atoms with Gasteiger partial charge in [-0.1, -0.05) is 0 Å². The van der Waals surface area contributed by atoms with Gasteiger partial charge in [-0.05, 0) is 6.92 Å². The monoisotopic (exact) mass is 306 g/mol. The van der Waals surface area contributed by atoms with E-state index in [9.17, 15) is 19.2 Å². The highest BCUT2D eigenvalue weighted by atomic mass is 32.1. The van der Waals surface area contributed by atoms with E-state index in [2.05, 4.69) is 28.6 Å². The van der Waals surface area contributed by atoms with Crippen molar-refractivity contribution < 1.29 is 24.3 Å². The Balaban J connectivity index is 4.40. The van der Waals surface area contributed by atoms with Gasteiger partial charge in [-0.2, -0.15) is 12.6 Å². The van der Waals surface area contributed by atoms with Crippen LogP contribution in [0.25, 0.3) is 0 Å². The van der Waals surface area contributed by atoms with Crippen molar-refractivity contribution >= 4 is 36.3 Å². The van der Waals surface area contributed by atoms with Gasteiger partial charge < -0.3 is 26.8 Å². The Kier molecular flexibility index (Phi) is 8.32. The summed E-state index contributed by atoms with van der Waals surface area (Å²) in [5.74, 6) is -3.00. The minimum atomic E-state index is -1.20. The molecule has 0 heterocycles. The summed E-state index contributed by atoms with van der Waals surface area (Å²) in [7, 11) is 0. The summed E-state index contributed by atoms with van der Waals surface area (Å²) in [6.07, 6.45) is 0. The molecule has 0 aliphatic carbocycles. The van der Waals surface area contributed by atoms with Gasteiger partial charge in [0.25, 0.3) is 0 Å². The number of carboxylic acid groups (broad SMARTS) is 1. The molecule has 0 aromatic heterocycles. The van der Waals surface area contributed by atoms with Crippen molar-refractivity contribution in [3.8, 4) is 0 Å². The molecule has 20 heavy (non-hydrogen) atoms. The molecule has 0 fully saturated rings. The average molecular weight is 306 g/mol. The second kappa shape index (κ2) is 9.15. The number of rotatable bonds is 8. The van der Waals surface area contributed by atoms with Crippen LogP contribution in [0, 0.1) is 0 Å². The number of carboxylic acids is 1. The van der Waals surface area contributed by atoms with Crippen LogP contribution >= 0.6 is 12.6 Å². The molecule has 0 aromatic carbocycles. The van der Waals surface area contributed by atoms with E-state index in [4.69, 9.17) is 10.8 Å². The number of aliphatic carboxylic acids is 1. The first kappa shape index (κ1) is 18.2. The maximum atomic E-state index is 11.7. The lowest BCUT2D eigenvalue weighted by molar-refractivity contribution is -0.138. The molecule has 0 bridgehead atoms. The number of hydrogen-bond acceptors (Lipinski definition) is 6. The van der Waals surface area contributed by atoms with Gasteiger partial charge in [-0.25, -0.2) is 0 Å². The quantitative estimate of drug-likeness (QED) is 0.264. The standard InChI is InChI=1S/C10H18N4O5S/c1-5(13-7(15)2-11)9(18)14-6(4-20)10(19)12-3-8(16)17/h5-6,20H,2-4,11H2,1H3,(H,12,19)(H,13,15)(H,14,18)(H,16,17). The summed E-state index contributed by atoms with van der Waals surface area (Å²) < 4.78 is 0. The second-order valence-corrected chi connectivity index (χ2v) is 4.21. The molecule has 6 N–H and O–H groups in total. The molecule has 0 rings (SSSR count). The fraction of sp³-hybridized carbons (Fsp3) is 0.600. The van der Waals surface area contributed by atoms with E-state index in [0.717, 1.165) is 0 Å². The van der Waals surface area contributed by atoms with Crippen LogP contribution in [0.5, 0.6) is 0 Å². The summed E-state index contributed by atoms with van der Waals surface area (Å²) in [4.78, 5) is 44.6. The third-order valence-corrected chi connectivity index (χ3v) is 2.55. The van der Waals surface area contributed by atoms with Crippen LogP contribution in [-0.4, -0.2) is 59.7 Å². The lowest BCUT2D eigenvalue weighted by Gasteiger charge is -2.19. The number of carbonyl (C=O) groups excluding carboxylic acids is 3. The van der Waals surface area contributed by atoms with Gasteiger partial charge in [0.1, 0.15) is 18.6 Å². The van der Waals surface area contributed by atoms with E-state index in [1.807, 2.05) is 0 Å². The van der Waals surface area contributed by atoms with Crippen LogP contribution in [0.2, 0.25) is 0 Å². The minimum absolute atomic E-state index is 0.0191. The van der Waals surface area contributed by atoms with Crippen LogP contribution in [0.4, 0.5) is 0 Å². The minimum Gasteiger partial charge on any atom is -0.480 e. The molecule has 2 unspecified atom stereocenters. The highest BCUT2D eigenvalue weighted by Gasteiger charge is 2.23. The Morgan fingerprint density at radius 3 is 2.25 bits per heavy atom. The van der Waals surface area contributed by atoms with Gasteiger partial charge in [-0.15, -0.1) is 0 Å². The van der Waals surface area contributed by atoms with Crippen molar-refractivity contribution in [3.05, 3.63) is 0 Å². The number of amides is 3. The fourth-order valence-corrected chi connectivity index (χ4v) is 1.40. The van der Waals surface area contributed by atoms with Crippen molar-refractivity contribution in [1.82, 2.24) is 16.0 Å². The van der Waals surface area contributed by atoms with Crippen LogP contribution in [0.3, 0.4) is 0 Å². The molecule has 0 aliphatic rings. The van der Waals surface area contributed by atoms with Gasteiger partial charge >= 0.3 is 5.97 Å². The van der Waals surface area contributed by atoms with E-state index in [1.54, 1.807) is 0 Å². The molecule has 0 radical (unpaired) electrons. The van der Waals surface area contributed by atoms with Crippen LogP contribution in [-0.2, 0) is 19.2 Å². The predicted molar refractivity (Wildman–Crippen MR) is 73.1 cm³/mol. The molecule has 0 spiro atoms. The molecular weight excluding hydrogens is 288 g/mol. The predicted octanol–water partition coefficient (Wildman–Crippen LogP) is -2.93. The van der Waals surface area contributed by atoms with E-state index in [0.29, 0.717) is 0 Å². The zero-order valence-corrected chi connectivity index (χ0v) is 11.8. The summed E-state index contributed by atoms with van der Waals surface area (Å²) >= 11 is 3.90. The van der Waals surface area contributed by atoms with Gasteiger partial charge in [0.05, 0.1) is 6.54 Å². The number of hydrogen-bond donors (Lipinski definition) is 6. The Hall–Kier alpha value is -1.81. The lowest BCUT2D eigenvalue weighted by atomic mass is 10.2. The smallest absolute Gasteiger partial charge is 0.322 e. The molecule has 3 amide bonds. The van der Waals surface area contributed by atoms with Crippen molar-refractivity contribution in [2.24, 2.45) is 5.73 Å². The summed E-state index contributed by atoms with van der Waals surface area (Å²) in [6, 6.07) is -1.87. The fourth-order valence-electron chi connectivity index (χ4n) is 1.14. The lowest BCUT2D eigenvalue weighted by Crippen LogP contribution is -2.54. The Morgan fingerprint density at radius 2 is 1.80 bits per heavy atom. The van der Waals surface area contributed by atoms with E-state index >= 15 is 0 Å². The zero-order valence-electron chi connectivity index (χ0n) is 10.9. The van der Waals surface area contributed by atoms with Crippen LogP contribution in [0.15, 0.2) is 0 Å². The van der Waals surface area contributed by atoms with Crippen molar-refractivity contribution in [2.75, 3.05) is 18.8 Å². The van der Waals surface area contributed by atoms with E-state index < -0.39 is 42.3 Å². The maximum Gasteiger partial charge on any atom is 0.322 e. The molecule has 10 heteroatoms. The first-order valence-electron chi connectivity index (χ1n) is 5.72. The first-order valence-corrected chi connectivity index (χ1v) is 6.35. The number of carbonyl (C=O) groups is 4. The Labute approximate surface area is 121 Å². The number of thiol groups is 1. The highest BCUT2D eigenvalue weighted by molar-refractivity contribution is 7.80. The highest BCUT2D eigenvalue weighted by Crippen LogP contribution is 1.91. The second-order valence-electron chi connectivity index (χ2n) is 3.85. The van der Waals surface area contributed by atoms with Crippen molar-refractivity contribution in [1.29, 1.82) is 0 Å². The molecule has 9 nitrogen and oxygen atoms in total. The third kappa shape index (κ3) is 6.95. The summed E-state index contributed by atoms with van der Waals surface area (Å²) in [6.45, 7) is 0.610. The van der Waals surface area contributed by atoms with Gasteiger partial charge in [0.15, 0.2) is 0 Å². The molecule has 0 saturated carbocycles. The average Bonchev–Trinajstić information content (AvgIpc) is 2.41. The van der Waals surface area contributed by atoms with E-state index in [1.165, 1.54) is 6.92 Å². The van der Waals surface area contributed by atoms with E-state index in [-0.39, 0.29) is 12.3 Å². The molecule has 0 saturated heterocycles. The number of nitrogens with two attached hydrogens (primary N) is 1. The first-order chi connectivity index (χ1) is 9.31. The maximum absolute atomic E-state index is 11.7. The van der Waals surface area contributed by atoms with Crippen LogP contribution in [0.1, 0.15) is 6.92 Å². The van der Waals surface area contributed by atoms with Gasteiger partial charge in [-0.3, -0.25) is 19.2 Å². The zero-order chi connectivity index (χ0) is 15.7. The van der Waals surface area contributed by atoms with Crippen molar-refractivity contribution in [2.45, 2.75) is 19.0 Å². The normalized spacial score (nSPS) is 12.9. The molecule has 0 aliphatic heterocycles. The topological polar surface area (TPSA) is 151 Å². The Morgan fingerprint density at radius 1 is 1.20 bits per heavy atom. The van der Waals surface area contributed by atoms with Gasteiger partial charge in [0, 0.05) is 5.75 Å². The molecule has 0 aromatic rings. The number of nitrogens with one attached hydrogen (secondary N) is 3. The largest absolute Gasteiger partial charge is 0.480 e. The van der Waals surface area contributed by atoms with Crippen LogP contribution < -0.4 is 21.7 Å². The molecule has 114 valence electrons. The Bertz CT molecular complexity index is 390. The summed E-state index contributed by atoms with van der Waals surface area (Å²) in [5.41, 5.74) is 5.09. The molecular formula is C10H18N4O5S. The summed E-state index contributed by atoms with van der Waals surface area (Å²) in [5, 5.41) is 15.2.